The Morgan fingerprint density at radius 1 is 1.04 bits per heavy atom. The van der Waals surface area contributed by atoms with E-state index in [1.807, 2.05) is 36.4 Å². The van der Waals surface area contributed by atoms with Crippen LogP contribution in [0.2, 0.25) is 5.02 Å². The Labute approximate surface area is 158 Å². The number of carbonyl (C=O) groups is 2. The summed E-state index contributed by atoms with van der Waals surface area (Å²) in [5.41, 5.74) is 1.84. The molecule has 26 heavy (non-hydrogen) atoms. The van der Waals surface area contributed by atoms with Crippen LogP contribution < -0.4 is 4.74 Å². The summed E-state index contributed by atoms with van der Waals surface area (Å²) in [5, 5.41) is 0.621. The van der Waals surface area contributed by atoms with Gasteiger partial charge in [-0.25, -0.2) is 0 Å². The van der Waals surface area contributed by atoms with Gasteiger partial charge in [-0.2, -0.15) is 0 Å². The molecule has 0 unspecified atom stereocenters. The molecule has 2 aromatic rings. The van der Waals surface area contributed by atoms with Crippen LogP contribution in [0.3, 0.4) is 0 Å². The molecule has 0 saturated heterocycles. The van der Waals surface area contributed by atoms with Crippen LogP contribution in [0.1, 0.15) is 17.5 Å². The second-order valence-corrected chi connectivity index (χ2v) is 6.20. The summed E-state index contributed by atoms with van der Waals surface area (Å²) in [4.78, 5) is 25.9. The highest BCUT2D eigenvalue weighted by molar-refractivity contribution is 6.30. The quantitative estimate of drug-likeness (QED) is 0.663. The molecule has 0 heterocycles. The lowest BCUT2D eigenvalue weighted by molar-refractivity contribution is -0.147. The van der Waals surface area contributed by atoms with Crippen LogP contribution in [0, 0.1) is 0 Å². The molecular formula is C20H22ClNO4. The van der Waals surface area contributed by atoms with Crippen molar-refractivity contribution < 1.29 is 19.1 Å². The fourth-order valence-corrected chi connectivity index (χ4v) is 2.70. The number of methoxy groups -OCH3 is 2. The van der Waals surface area contributed by atoms with Crippen molar-refractivity contribution in [1.82, 2.24) is 4.90 Å². The maximum Gasteiger partial charge on any atom is 0.325 e. The highest BCUT2D eigenvalue weighted by atomic mass is 35.5. The van der Waals surface area contributed by atoms with Crippen LogP contribution in [-0.2, 0) is 27.3 Å². The van der Waals surface area contributed by atoms with Gasteiger partial charge in [0.25, 0.3) is 0 Å². The molecule has 0 N–H and O–H groups in total. The third-order valence-electron chi connectivity index (χ3n) is 3.99. The molecule has 0 aliphatic rings. The Morgan fingerprint density at radius 2 is 1.73 bits per heavy atom. The molecule has 0 atom stereocenters. The number of carbonyl (C=O) groups excluding carboxylic acids is 2. The van der Waals surface area contributed by atoms with Crippen LogP contribution in [0.15, 0.2) is 48.5 Å². The van der Waals surface area contributed by atoms with Gasteiger partial charge < -0.3 is 14.4 Å². The third kappa shape index (κ3) is 5.77. The zero-order valence-electron chi connectivity index (χ0n) is 14.9. The molecule has 0 saturated carbocycles. The second kappa shape index (κ2) is 9.82. The zero-order chi connectivity index (χ0) is 18.9. The van der Waals surface area contributed by atoms with Crippen LogP contribution >= 0.6 is 11.6 Å². The van der Waals surface area contributed by atoms with Crippen LogP contribution in [0.4, 0.5) is 0 Å². The van der Waals surface area contributed by atoms with Crippen LogP contribution in [0.5, 0.6) is 5.75 Å². The van der Waals surface area contributed by atoms with E-state index in [1.54, 1.807) is 19.2 Å². The fraction of sp³-hybridized carbons (Fsp3) is 0.300. The minimum absolute atomic E-state index is 0.0934. The number of ether oxygens (including phenoxy) is 2. The molecular weight excluding hydrogens is 354 g/mol. The van der Waals surface area contributed by atoms with Gasteiger partial charge in [-0.05, 0) is 35.7 Å². The van der Waals surface area contributed by atoms with E-state index in [-0.39, 0.29) is 18.9 Å². The number of amides is 1. The SMILES string of the molecule is COC(=O)CN(Cc1ccc(Cl)cc1)C(=O)CCc1ccccc1OC. The molecule has 0 aliphatic carbocycles. The Morgan fingerprint density at radius 3 is 2.38 bits per heavy atom. The van der Waals surface area contributed by atoms with E-state index in [2.05, 4.69) is 0 Å². The lowest BCUT2D eigenvalue weighted by atomic mass is 10.1. The average Bonchev–Trinajstić information content (AvgIpc) is 2.67. The third-order valence-corrected chi connectivity index (χ3v) is 4.24. The van der Waals surface area contributed by atoms with Crippen molar-refractivity contribution in [3.63, 3.8) is 0 Å². The van der Waals surface area contributed by atoms with E-state index < -0.39 is 5.97 Å². The molecule has 0 aromatic heterocycles. The summed E-state index contributed by atoms with van der Waals surface area (Å²) in [7, 11) is 2.91. The number of para-hydroxylation sites is 1. The van der Waals surface area contributed by atoms with Gasteiger partial charge in [-0.3, -0.25) is 9.59 Å². The highest BCUT2D eigenvalue weighted by Gasteiger charge is 2.18. The maximum atomic E-state index is 12.7. The lowest BCUT2D eigenvalue weighted by Gasteiger charge is -2.22. The van der Waals surface area contributed by atoms with Gasteiger partial charge >= 0.3 is 5.97 Å². The molecule has 5 nitrogen and oxygen atoms in total. The fourth-order valence-electron chi connectivity index (χ4n) is 2.57. The number of esters is 1. The predicted octanol–water partition coefficient (Wildman–Crippen LogP) is 3.48. The summed E-state index contributed by atoms with van der Waals surface area (Å²) < 4.78 is 10.0. The van der Waals surface area contributed by atoms with E-state index in [4.69, 9.17) is 21.1 Å². The maximum absolute atomic E-state index is 12.7. The number of halogens is 1. The largest absolute Gasteiger partial charge is 0.496 e. The molecule has 1 amide bonds. The molecule has 0 radical (unpaired) electrons. The number of rotatable bonds is 8. The van der Waals surface area contributed by atoms with Crippen molar-refractivity contribution in [3.05, 3.63) is 64.7 Å². The van der Waals surface area contributed by atoms with E-state index >= 15 is 0 Å². The van der Waals surface area contributed by atoms with Crippen molar-refractivity contribution in [2.24, 2.45) is 0 Å². The molecule has 0 bridgehead atoms. The standard InChI is InChI=1S/C20H22ClNO4/c1-25-18-6-4-3-5-16(18)9-12-19(23)22(14-20(24)26-2)13-15-7-10-17(21)11-8-15/h3-8,10-11H,9,12-14H2,1-2H3. The Kier molecular flexibility index (Phi) is 7.48. The Bertz CT molecular complexity index is 746. The molecule has 2 aromatic carbocycles. The van der Waals surface area contributed by atoms with Crippen LogP contribution in [-0.4, -0.2) is 37.5 Å². The van der Waals surface area contributed by atoms with Gasteiger partial charge in [0.15, 0.2) is 0 Å². The molecule has 0 fully saturated rings. The average molecular weight is 376 g/mol. The van der Waals surface area contributed by atoms with Crippen molar-refractivity contribution in [2.75, 3.05) is 20.8 Å². The zero-order valence-corrected chi connectivity index (χ0v) is 15.7. The van der Waals surface area contributed by atoms with Crippen molar-refractivity contribution >= 4 is 23.5 Å². The number of hydrogen-bond acceptors (Lipinski definition) is 4. The van der Waals surface area contributed by atoms with Gasteiger partial charge in [0.1, 0.15) is 12.3 Å². The first kappa shape index (κ1) is 19.8. The summed E-state index contributed by atoms with van der Waals surface area (Å²) >= 11 is 5.90. The number of aryl methyl sites for hydroxylation is 1. The first-order valence-corrected chi connectivity index (χ1v) is 8.62. The monoisotopic (exact) mass is 375 g/mol. The van der Waals surface area contributed by atoms with E-state index in [0.717, 1.165) is 16.9 Å². The lowest BCUT2D eigenvalue weighted by Crippen LogP contribution is -2.35. The summed E-state index contributed by atoms with van der Waals surface area (Å²) in [6.45, 7) is 0.223. The van der Waals surface area contributed by atoms with Gasteiger partial charge in [0.05, 0.1) is 14.2 Å². The highest BCUT2D eigenvalue weighted by Crippen LogP contribution is 2.20. The number of nitrogens with zero attached hydrogens (tertiary/aromatic N) is 1. The summed E-state index contributed by atoms with van der Waals surface area (Å²) in [6, 6.07) is 14.8. The first-order valence-electron chi connectivity index (χ1n) is 8.24. The Balaban J connectivity index is 2.06. The van der Waals surface area contributed by atoms with E-state index in [1.165, 1.54) is 12.0 Å². The van der Waals surface area contributed by atoms with Gasteiger partial charge in [0, 0.05) is 18.0 Å². The normalized spacial score (nSPS) is 10.3. The minimum Gasteiger partial charge on any atom is -0.496 e. The summed E-state index contributed by atoms with van der Waals surface area (Å²) in [5.74, 6) is 0.165. The van der Waals surface area contributed by atoms with Crippen molar-refractivity contribution in [2.45, 2.75) is 19.4 Å². The van der Waals surface area contributed by atoms with Gasteiger partial charge in [-0.15, -0.1) is 0 Å². The second-order valence-electron chi connectivity index (χ2n) is 5.76. The molecule has 2 rings (SSSR count). The van der Waals surface area contributed by atoms with E-state index in [9.17, 15) is 9.59 Å². The molecule has 0 spiro atoms. The van der Waals surface area contributed by atoms with Crippen molar-refractivity contribution in [1.29, 1.82) is 0 Å². The summed E-state index contributed by atoms with van der Waals surface area (Å²) in [6.07, 6.45) is 0.798. The topological polar surface area (TPSA) is 55.8 Å². The van der Waals surface area contributed by atoms with Crippen LogP contribution in [0.25, 0.3) is 0 Å². The predicted molar refractivity (Wildman–Crippen MR) is 100 cm³/mol. The van der Waals surface area contributed by atoms with E-state index in [0.29, 0.717) is 18.0 Å². The Hall–Kier alpha value is -2.53. The molecule has 138 valence electrons. The van der Waals surface area contributed by atoms with Gasteiger partial charge in [0.2, 0.25) is 5.91 Å². The molecule has 6 heteroatoms. The minimum atomic E-state index is -0.454. The molecule has 0 aliphatic heterocycles. The number of benzene rings is 2. The number of hydrogen-bond donors (Lipinski definition) is 0. The smallest absolute Gasteiger partial charge is 0.325 e. The first-order chi connectivity index (χ1) is 12.5. The van der Waals surface area contributed by atoms with Crippen molar-refractivity contribution in [3.8, 4) is 5.75 Å². The van der Waals surface area contributed by atoms with Gasteiger partial charge in [-0.1, -0.05) is 41.9 Å².